The molecule has 2 aromatic heterocycles. The van der Waals surface area contributed by atoms with E-state index in [1.54, 1.807) is 36.6 Å². The quantitative estimate of drug-likeness (QED) is 0.383. The Hall–Kier alpha value is -3.24. The standard InChI is InChI=1S/C21H17FN4O3S2/c1-12-23-19(29-26-12)11-30-18-6-4-3-5-14(18)20(27)25-21-24-16(10-31-21)13-7-8-17(28-2)15(22)9-13/h3-10H,11H2,1-2H3,(H,24,25,27). The highest BCUT2D eigenvalue weighted by Crippen LogP contribution is 2.30. The molecule has 0 unspecified atom stereocenters. The van der Waals surface area contributed by atoms with Crippen LogP contribution < -0.4 is 10.1 Å². The predicted molar refractivity (Wildman–Crippen MR) is 117 cm³/mol. The van der Waals surface area contributed by atoms with Crippen LogP contribution in [0.3, 0.4) is 0 Å². The van der Waals surface area contributed by atoms with Crippen molar-refractivity contribution in [2.45, 2.75) is 17.6 Å². The Labute approximate surface area is 185 Å². The van der Waals surface area contributed by atoms with Crippen LogP contribution in [0.15, 0.2) is 57.3 Å². The second-order valence-corrected chi connectivity index (χ2v) is 8.24. The molecule has 2 aromatic carbocycles. The molecule has 4 rings (SSSR count). The lowest BCUT2D eigenvalue weighted by molar-refractivity contribution is 0.102. The van der Waals surface area contributed by atoms with Crippen molar-refractivity contribution in [2.24, 2.45) is 0 Å². The van der Waals surface area contributed by atoms with Gasteiger partial charge in [0.05, 0.1) is 24.1 Å². The van der Waals surface area contributed by atoms with Gasteiger partial charge in [0, 0.05) is 15.8 Å². The Balaban J connectivity index is 1.47. The van der Waals surface area contributed by atoms with E-state index in [4.69, 9.17) is 9.26 Å². The van der Waals surface area contributed by atoms with Crippen LogP contribution in [0.1, 0.15) is 22.1 Å². The third-order valence-corrected chi connectivity index (χ3v) is 6.04. The topological polar surface area (TPSA) is 90.1 Å². The number of hydrogen-bond acceptors (Lipinski definition) is 8. The van der Waals surface area contributed by atoms with Gasteiger partial charge >= 0.3 is 0 Å². The molecule has 0 aliphatic rings. The largest absolute Gasteiger partial charge is 0.494 e. The second kappa shape index (κ2) is 9.27. The summed E-state index contributed by atoms with van der Waals surface area (Å²) in [6, 6.07) is 11.9. The smallest absolute Gasteiger partial charge is 0.258 e. The molecule has 0 radical (unpaired) electrons. The highest BCUT2D eigenvalue weighted by Gasteiger charge is 2.15. The average Bonchev–Trinajstić information content (AvgIpc) is 3.41. The molecule has 0 atom stereocenters. The zero-order valence-corrected chi connectivity index (χ0v) is 18.2. The van der Waals surface area contributed by atoms with Crippen LogP contribution in [-0.2, 0) is 5.75 Å². The van der Waals surface area contributed by atoms with Crippen molar-refractivity contribution in [2.75, 3.05) is 12.4 Å². The molecule has 7 nitrogen and oxygen atoms in total. The van der Waals surface area contributed by atoms with Crippen LogP contribution in [0.5, 0.6) is 5.75 Å². The van der Waals surface area contributed by atoms with Gasteiger partial charge < -0.3 is 9.26 Å². The number of aryl methyl sites for hydroxylation is 1. The summed E-state index contributed by atoms with van der Waals surface area (Å²) >= 11 is 2.70. The Morgan fingerprint density at radius 2 is 2.10 bits per heavy atom. The maximum absolute atomic E-state index is 14.0. The number of benzene rings is 2. The number of rotatable bonds is 7. The Kier molecular flexibility index (Phi) is 6.28. The fourth-order valence-electron chi connectivity index (χ4n) is 2.77. The summed E-state index contributed by atoms with van der Waals surface area (Å²) < 4.78 is 24.0. The Morgan fingerprint density at radius 1 is 1.26 bits per heavy atom. The lowest BCUT2D eigenvalue weighted by Crippen LogP contribution is -2.12. The van der Waals surface area contributed by atoms with Crippen LogP contribution in [0.4, 0.5) is 9.52 Å². The van der Waals surface area contributed by atoms with E-state index in [1.807, 2.05) is 12.1 Å². The van der Waals surface area contributed by atoms with Gasteiger partial charge in [-0.3, -0.25) is 10.1 Å². The molecule has 0 spiro atoms. The minimum atomic E-state index is -0.471. The molecular weight excluding hydrogens is 439 g/mol. The van der Waals surface area contributed by atoms with Gasteiger partial charge in [0.2, 0.25) is 5.89 Å². The number of methoxy groups -OCH3 is 1. The van der Waals surface area contributed by atoms with Crippen molar-refractivity contribution in [3.05, 3.63) is 70.9 Å². The van der Waals surface area contributed by atoms with Crippen molar-refractivity contribution in [1.82, 2.24) is 15.1 Å². The molecule has 0 aliphatic carbocycles. The van der Waals surface area contributed by atoms with E-state index in [1.165, 1.54) is 36.3 Å². The minimum absolute atomic E-state index is 0.164. The Morgan fingerprint density at radius 3 is 2.84 bits per heavy atom. The zero-order chi connectivity index (χ0) is 21.8. The molecule has 1 N–H and O–H groups in total. The van der Waals surface area contributed by atoms with Crippen molar-refractivity contribution in [3.63, 3.8) is 0 Å². The fraction of sp³-hybridized carbons (Fsp3) is 0.143. The number of thioether (sulfide) groups is 1. The number of nitrogens with one attached hydrogen (secondary N) is 1. The lowest BCUT2D eigenvalue weighted by Gasteiger charge is -2.07. The molecule has 4 aromatic rings. The van der Waals surface area contributed by atoms with Gasteiger partial charge in [-0.05, 0) is 37.3 Å². The molecule has 0 saturated heterocycles. The van der Waals surface area contributed by atoms with Crippen molar-refractivity contribution >= 4 is 34.1 Å². The third kappa shape index (κ3) is 4.92. The van der Waals surface area contributed by atoms with Gasteiger partial charge in [-0.1, -0.05) is 17.3 Å². The van der Waals surface area contributed by atoms with E-state index in [-0.39, 0.29) is 11.7 Å². The van der Waals surface area contributed by atoms with Crippen molar-refractivity contribution < 1.29 is 18.4 Å². The van der Waals surface area contributed by atoms with Crippen molar-refractivity contribution in [1.29, 1.82) is 0 Å². The van der Waals surface area contributed by atoms with Crippen LogP contribution >= 0.6 is 23.1 Å². The number of hydrogen-bond donors (Lipinski definition) is 1. The Bertz CT molecular complexity index is 1220. The van der Waals surface area contributed by atoms with E-state index in [0.717, 1.165) is 4.90 Å². The average molecular weight is 457 g/mol. The van der Waals surface area contributed by atoms with Gasteiger partial charge in [0.15, 0.2) is 22.5 Å². The summed E-state index contributed by atoms with van der Waals surface area (Å²) in [7, 11) is 1.41. The first-order chi connectivity index (χ1) is 15.0. The van der Waals surface area contributed by atoms with E-state index in [0.29, 0.717) is 39.4 Å². The normalized spacial score (nSPS) is 10.8. The number of anilines is 1. The summed E-state index contributed by atoms with van der Waals surface area (Å²) in [6.45, 7) is 1.75. The number of thiazole rings is 1. The molecule has 0 saturated carbocycles. The molecule has 10 heteroatoms. The van der Waals surface area contributed by atoms with Gasteiger partial charge in [-0.2, -0.15) is 4.98 Å². The predicted octanol–water partition coefficient (Wildman–Crippen LogP) is 5.19. The van der Waals surface area contributed by atoms with Gasteiger partial charge in [-0.25, -0.2) is 9.37 Å². The third-order valence-electron chi connectivity index (χ3n) is 4.22. The van der Waals surface area contributed by atoms with E-state index >= 15 is 0 Å². The number of carbonyl (C=O) groups excluding carboxylic acids is 1. The second-order valence-electron chi connectivity index (χ2n) is 6.36. The number of halogens is 1. The maximum atomic E-state index is 14.0. The molecule has 31 heavy (non-hydrogen) atoms. The van der Waals surface area contributed by atoms with Gasteiger partial charge in [-0.15, -0.1) is 23.1 Å². The summed E-state index contributed by atoms with van der Waals surface area (Å²) in [4.78, 5) is 22.2. The first-order valence-corrected chi connectivity index (χ1v) is 11.0. The number of nitrogens with zero attached hydrogens (tertiary/aromatic N) is 3. The summed E-state index contributed by atoms with van der Waals surface area (Å²) in [5.41, 5.74) is 1.67. The monoisotopic (exact) mass is 456 g/mol. The number of ether oxygens (including phenoxy) is 1. The molecule has 1 amide bonds. The number of aromatic nitrogens is 3. The molecule has 2 heterocycles. The van der Waals surface area contributed by atoms with Crippen LogP contribution in [-0.4, -0.2) is 28.1 Å². The van der Waals surface area contributed by atoms with E-state index in [2.05, 4.69) is 20.4 Å². The summed E-state index contributed by atoms with van der Waals surface area (Å²) in [5.74, 6) is 0.923. The SMILES string of the molecule is COc1ccc(-c2csc(NC(=O)c3ccccc3SCc3nc(C)no3)n2)cc1F. The van der Waals surface area contributed by atoms with Crippen LogP contribution in [0.25, 0.3) is 11.3 Å². The molecular formula is C21H17FN4O3S2. The number of amides is 1. The fourth-order valence-corrected chi connectivity index (χ4v) is 4.37. The van der Waals surface area contributed by atoms with Crippen molar-refractivity contribution in [3.8, 4) is 17.0 Å². The zero-order valence-electron chi connectivity index (χ0n) is 16.6. The van der Waals surface area contributed by atoms with Gasteiger partial charge in [0.1, 0.15) is 0 Å². The maximum Gasteiger partial charge on any atom is 0.258 e. The summed E-state index contributed by atoms with van der Waals surface area (Å²) in [5, 5.41) is 8.76. The van der Waals surface area contributed by atoms with E-state index < -0.39 is 5.82 Å². The van der Waals surface area contributed by atoms with E-state index in [9.17, 15) is 9.18 Å². The summed E-state index contributed by atoms with van der Waals surface area (Å²) in [6.07, 6.45) is 0. The van der Waals surface area contributed by atoms with Crippen LogP contribution in [0, 0.1) is 12.7 Å². The van der Waals surface area contributed by atoms with Gasteiger partial charge in [0.25, 0.3) is 5.91 Å². The molecule has 0 aliphatic heterocycles. The highest BCUT2D eigenvalue weighted by molar-refractivity contribution is 7.98. The molecule has 0 fully saturated rings. The molecule has 0 bridgehead atoms. The van der Waals surface area contributed by atoms with Crippen LogP contribution in [0.2, 0.25) is 0 Å². The lowest BCUT2D eigenvalue weighted by atomic mass is 10.1. The number of carbonyl (C=O) groups is 1. The minimum Gasteiger partial charge on any atom is -0.494 e. The highest BCUT2D eigenvalue weighted by atomic mass is 32.2. The first-order valence-electron chi connectivity index (χ1n) is 9.15. The molecule has 158 valence electrons. The first kappa shape index (κ1) is 21.0.